The third kappa shape index (κ3) is 3.28. The van der Waals surface area contributed by atoms with Crippen LogP contribution in [0.15, 0.2) is 42.5 Å². The van der Waals surface area contributed by atoms with Crippen LogP contribution in [0, 0.1) is 11.6 Å². The first-order valence-corrected chi connectivity index (χ1v) is 6.41. The molecule has 0 aliphatic carbocycles. The zero-order valence-corrected chi connectivity index (χ0v) is 11.7. The molecule has 0 heterocycles. The van der Waals surface area contributed by atoms with E-state index in [0.717, 1.165) is 12.1 Å². The van der Waals surface area contributed by atoms with E-state index in [2.05, 4.69) is 5.32 Å². The molecule has 1 unspecified atom stereocenters. The molecule has 1 amide bonds. The summed E-state index contributed by atoms with van der Waals surface area (Å²) in [5.41, 5.74) is -0.281. The van der Waals surface area contributed by atoms with Gasteiger partial charge in [0, 0.05) is 5.56 Å². The van der Waals surface area contributed by atoms with Gasteiger partial charge in [-0.15, -0.1) is 0 Å². The maximum atomic E-state index is 13.7. The van der Waals surface area contributed by atoms with Gasteiger partial charge < -0.3 is 14.8 Å². The number of aldehydes is 1. The van der Waals surface area contributed by atoms with Gasteiger partial charge in [-0.2, -0.15) is 0 Å². The Hall–Kier alpha value is -2.76. The Kier molecular flexibility index (Phi) is 4.83. The van der Waals surface area contributed by atoms with Gasteiger partial charge in [0.05, 0.1) is 12.7 Å². The Morgan fingerprint density at radius 1 is 1.18 bits per heavy atom. The van der Waals surface area contributed by atoms with Crippen LogP contribution < -0.4 is 10.1 Å². The van der Waals surface area contributed by atoms with E-state index >= 15 is 0 Å². The van der Waals surface area contributed by atoms with E-state index in [1.54, 1.807) is 12.1 Å². The van der Waals surface area contributed by atoms with Crippen molar-refractivity contribution in [2.24, 2.45) is 0 Å². The van der Waals surface area contributed by atoms with Crippen LogP contribution in [0.3, 0.4) is 0 Å². The van der Waals surface area contributed by atoms with E-state index in [9.17, 15) is 18.4 Å². The summed E-state index contributed by atoms with van der Waals surface area (Å²) in [6.45, 7) is 0. The highest BCUT2D eigenvalue weighted by atomic mass is 19.1. The van der Waals surface area contributed by atoms with E-state index in [4.69, 9.17) is 4.74 Å². The van der Waals surface area contributed by atoms with Crippen LogP contribution in [0.4, 0.5) is 8.78 Å². The molecule has 2 rings (SSSR count). The van der Waals surface area contributed by atoms with Crippen LogP contribution in [0.2, 0.25) is 0 Å². The lowest BCUT2D eigenvalue weighted by Gasteiger charge is -2.15. The highest BCUT2D eigenvalue weighted by molar-refractivity contribution is 5.96. The molecule has 1 atom stereocenters. The quantitative estimate of drug-likeness (QED) is 0.864. The average Bonchev–Trinajstić information content (AvgIpc) is 2.53. The average molecular weight is 305 g/mol. The summed E-state index contributed by atoms with van der Waals surface area (Å²) in [4.78, 5) is 23.2. The molecule has 0 saturated carbocycles. The smallest absolute Gasteiger partial charge is 0.252 e. The van der Waals surface area contributed by atoms with Gasteiger partial charge in [-0.3, -0.25) is 4.79 Å². The van der Waals surface area contributed by atoms with Crippen molar-refractivity contribution < 1.29 is 23.1 Å². The molecule has 0 radical (unpaired) electrons. The van der Waals surface area contributed by atoms with Crippen LogP contribution >= 0.6 is 0 Å². The minimum absolute atomic E-state index is 0.211. The summed E-state index contributed by atoms with van der Waals surface area (Å²) in [6.07, 6.45) is 0.277. The lowest BCUT2D eigenvalue weighted by Crippen LogP contribution is -2.30. The van der Waals surface area contributed by atoms with Gasteiger partial charge in [0.15, 0.2) is 0 Å². The van der Waals surface area contributed by atoms with Crippen molar-refractivity contribution in [2.45, 2.75) is 6.04 Å². The van der Waals surface area contributed by atoms with Gasteiger partial charge >= 0.3 is 0 Å². The first kappa shape index (κ1) is 15.6. The number of hydrogen-bond acceptors (Lipinski definition) is 3. The molecule has 2 aromatic rings. The van der Waals surface area contributed by atoms with Crippen molar-refractivity contribution in [1.29, 1.82) is 0 Å². The van der Waals surface area contributed by atoms with E-state index in [1.165, 1.54) is 25.3 Å². The second kappa shape index (κ2) is 6.80. The van der Waals surface area contributed by atoms with Crippen LogP contribution in [-0.4, -0.2) is 19.3 Å². The molecule has 0 aromatic heterocycles. The molecule has 114 valence electrons. The number of methoxy groups -OCH3 is 1. The normalized spacial score (nSPS) is 11.6. The van der Waals surface area contributed by atoms with Crippen molar-refractivity contribution in [3.8, 4) is 5.75 Å². The number of ether oxygens (including phenoxy) is 1. The van der Waals surface area contributed by atoms with E-state index in [1.807, 2.05) is 0 Å². The minimum atomic E-state index is -1.42. The fourth-order valence-electron chi connectivity index (χ4n) is 1.97. The van der Waals surface area contributed by atoms with Crippen LogP contribution in [0.5, 0.6) is 5.75 Å². The van der Waals surface area contributed by atoms with Crippen molar-refractivity contribution in [3.05, 3.63) is 65.2 Å². The summed E-state index contributed by atoms with van der Waals surface area (Å²) in [5, 5.41) is 2.29. The number of nitrogens with one attached hydrogen (secondary N) is 1. The van der Waals surface area contributed by atoms with Crippen LogP contribution in [0.1, 0.15) is 22.0 Å². The molecular formula is C16H13F2NO3. The fourth-order valence-corrected chi connectivity index (χ4v) is 1.97. The molecule has 0 spiro atoms. The zero-order chi connectivity index (χ0) is 16.1. The third-order valence-electron chi connectivity index (χ3n) is 3.07. The maximum absolute atomic E-state index is 13.7. The summed E-state index contributed by atoms with van der Waals surface area (Å²) in [6, 6.07) is 7.99. The second-order valence-corrected chi connectivity index (χ2v) is 4.45. The Labute approximate surface area is 125 Å². The second-order valence-electron chi connectivity index (χ2n) is 4.45. The molecule has 0 bridgehead atoms. The molecule has 0 saturated heterocycles. The SMILES string of the molecule is COc1cccc(C(=O)NC(C=O)c2c(F)cccc2F)c1. The van der Waals surface area contributed by atoms with Crippen molar-refractivity contribution in [3.63, 3.8) is 0 Å². The molecule has 0 aliphatic heterocycles. The molecule has 0 aliphatic rings. The highest BCUT2D eigenvalue weighted by Crippen LogP contribution is 2.20. The minimum Gasteiger partial charge on any atom is -0.497 e. The Morgan fingerprint density at radius 2 is 1.82 bits per heavy atom. The molecular weight excluding hydrogens is 292 g/mol. The Morgan fingerprint density at radius 3 is 2.41 bits per heavy atom. The number of hydrogen-bond donors (Lipinski definition) is 1. The van der Waals surface area contributed by atoms with Crippen molar-refractivity contribution in [2.75, 3.05) is 7.11 Å². The standard InChI is InChI=1S/C16H13F2NO3/c1-22-11-5-2-4-10(8-11)16(21)19-14(9-20)15-12(17)6-3-7-13(15)18/h2-9,14H,1H3,(H,19,21). The fraction of sp³-hybridized carbons (Fsp3) is 0.125. The monoisotopic (exact) mass is 305 g/mol. The molecule has 2 aromatic carbocycles. The molecule has 1 N–H and O–H groups in total. The van der Waals surface area contributed by atoms with Gasteiger partial charge in [-0.1, -0.05) is 12.1 Å². The predicted octanol–water partition coefficient (Wildman–Crippen LogP) is 2.64. The molecule has 4 nitrogen and oxygen atoms in total. The van der Waals surface area contributed by atoms with Crippen molar-refractivity contribution in [1.82, 2.24) is 5.32 Å². The van der Waals surface area contributed by atoms with E-state index in [0.29, 0.717) is 5.75 Å². The number of carbonyl (C=O) groups excluding carboxylic acids is 2. The number of benzene rings is 2. The molecule has 22 heavy (non-hydrogen) atoms. The summed E-state index contributed by atoms with van der Waals surface area (Å²) in [5.74, 6) is -1.99. The van der Waals surface area contributed by atoms with Crippen LogP contribution in [-0.2, 0) is 4.79 Å². The maximum Gasteiger partial charge on any atom is 0.252 e. The first-order chi connectivity index (χ1) is 10.6. The topological polar surface area (TPSA) is 55.4 Å². The zero-order valence-electron chi connectivity index (χ0n) is 11.7. The first-order valence-electron chi connectivity index (χ1n) is 6.41. The number of amides is 1. The molecule has 6 heteroatoms. The number of rotatable bonds is 5. The lowest BCUT2D eigenvalue weighted by atomic mass is 10.1. The Balaban J connectivity index is 2.26. The van der Waals surface area contributed by atoms with Gasteiger partial charge in [0.25, 0.3) is 5.91 Å². The molecule has 0 fully saturated rings. The lowest BCUT2D eigenvalue weighted by molar-refractivity contribution is -0.109. The largest absolute Gasteiger partial charge is 0.497 e. The highest BCUT2D eigenvalue weighted by Gasteiger charge is 2.22. The Bertz CT molecular complexity index is 683. The van der Waals surface area contributed by atoms with Gasteiger partial charge in [0.1, 0.15) is 29.7 Å². The third-order valence-corrected chi connectivity index (χ3v) is 3.07. The van der Waals surface area contributed by atoms with Crippen LogP contribution in [0.25, 0.3) is 0 Å². The predicted molar refractivity (Wildman–Crippen MR) is 75.6 cm³/mol. The summed E-state index contributed by atoms with van der Waals surface area (Å²) in [7, 11) is 1.44. The number of carbonyl (C=O) groups is 2. The van der Waals surface area contributed by atoms with Gasteiger partial charge in [-0.25, -0.2) is 8.78 Å². The van der Waals surface area contributed by atoms with E-state index < -0.39 is 29.1 Å². The van der Waals surface area contributed by atoms with Gasteiger partial charge in [-0.05, 0) is 30.3 Å². The van der Waals surface area contributed by atoms with Crippen molar-refractivity contribution >= 4 is 12.2 Å². The number of halogens is 2. The summed E-state index contributed by atoms with van der Waals surface area (Å²) < 4.78 is 32.4. The van der Waals surface area contributed by atoms with E-state index in [-0.39, 0.29) is 11.8 Å². The van der Waals surface area contributed by atoms with Gasteiger partial charge in [0.2, 0.25) is 0 Å². The summed E-state index contributed by atoms with van der Waals surface area (Å²) >= 11 is 0.